The van der Waals surface area contributed by atoms with Crippen molar-refractivity contribution in [2.45, 2.75) is 46.0 Å². The van der Waals surface area contributed by atoms with E-state index in [1.807, 2.05) is 37.4 Å². The number of aryl methyl sites for hydroxylation is 3. The maximum absolute atomic E-state index is 12.7. The Bertz CT molecular complexity index is 718. The van der Waals surface area contributed by atoms with Crippen LogP contribution >= 0.6 is 0 Å². The molecule has 0 bridgehead atoms. The minimum atomic E-state index is 0.144. The molecule has 1 atom stereocenters. The number of hydrogen-bond donors (Lipinski definition) is 0. The smallest absolute Gasteiger partial charge is 0.231 e. The Morgan fingerprint density at radius 1 is 1.35 bits per heavy atom. The van der Waals surface area contributed by atoms with E-state index in [0.717, 1.165) is 36.3 Å². The van der Waals surface area contributed by atoms with E-state index in [1.165, 1.54) is 0 Å². The van der Waals surface area contributed by atoms with E-state index in [4.69, 9.17) is 4.52 Å². The molecule has 1 aliphatic heterocycles. The monoisotopic (exact) mass is 317 g/mol. The van der Waals surface area contributed by atoms with Crippen LogP contribution in [0.1, 0.15) is 47.4 Å². The van der Waals surface area contributed by atoms with E-state index < -0.39 is 0 Å². The summed E-state index contributed by atoms with van der Waals surface area (Å²) in [5.41, 5.74) is 3.02. The van der Waals surface area contributed by atoms with E-state index >= 15 is 0 Å². The zero-order valence-electron chi connectivity index (χ0n) is 14.2. The quantitative estimate of drug-likeness (QED) is 0.860. The van der Waals surface area contributed by atoms with Crippen LogP contribution in [0.2, 0.25) is 0 Å². The molecule has 1 fully saturated rings. The van der Waals surface area contributed by atoms with Gasteiger partial charge in [0.15, 0.2) is 5.82 Å². The lowest BCUT2D eigenvalue weighted by atomic mass is 9.97. The molecule has 0 unspecified atom stereocenters. The first-order valence-electron chi connectivity index (χ1n) is 8.02. The van der Waals surface area contributed by atoms with Crippen LogP contribution in [0, 0.1) is 20.8 Å². The van der Waals surface area contributed by atoms with Crippen molar-refractivity contribution in [1.29, 1.82) is 0 Å². The first kappa shape index (κ1) is 15.7. The first-order valence-corrected chi connectivity index (χ1v) is 8.02. The molecule has 3 heterocycles. The van der Waals surface area contributed by atoms with Gasteiger partial charge in [-0.15, -0.1) is 0 Å². The van der Waals surface area contributed by atoms with Gasteiger partial charge in [0.1, 0.15) is 0 Å². The standard InChI is InChI=1S/C16H23N5O2/c1-10-14(11(2)20(4)18-10)8-15(22)21-7-5-6-13(9-21)16-17-12(3)19-23-16/h13H,5-9H2,1-4H3/t13-/m1/s1. The number of amides is 1. The molecule has 2 aromatic heterocycles. The van der Waals surface area contributed by atoms with Gasteiger partial charge < -0.3 is 9.42 Å². The molecule has 0 saturated carbocycles. The Morgan fingerprint density at radius 3 is 2.74 bits per heavy atom. The van der Waals surface area contributed by atoms with Gasteiger partial charge in [-0.2, -0.15) is 10.1 Å². The minimum absolute atomic E-state index is 0.144. The summed E-state index contributed by atoms with van der Waals surface area (Å²) in [7, 11) is 1.91. The zero-order chi connectivity index (χ0) is 16.6. The molecule has 0 radical (unpaired) electrons. The number of likely N-dealkylation sites (tertiary alicyclic amines) is 1. The molecule has 7 heteroatoms. The molecule has 2 aromatic rings. The van der Waals surface area contributed by atoms with Crippen LogP contribution in [-0.2, 0) is 18.3 Å². The second kappa shape index (κ2) is 6.14. The van der Waals surface area contributed by atoms with E-state index in [0.29, 0.717) is 24.7 Å². The van der Waals surface area contributed by atoms with Crippen molar-refractivity contribution in [3.05, 3.63) is 28.7 Å². The van der Waals surface area contributed by atoms with Crippen molar-refractivity contribution in [1.82, 2.24) is 24.8 Å². The Labute approximate surface area is 135 Å². The molecular weight excluding hydrogens is 294 g/mol. The molecule has 1 saturated heterocycles. The predicted octanol–water partition coefficient (Wildman–Crippen LogP) is 1.68. The summed E-state index contributed by atoms with van der Waals surface area (Å²) < 4.78 is 7.11. The second-order valence-electron chi connectivity index (χ2n) is 6.31. The Hall–Kier alpha value is -2.18. The topological polar surface area (TPSA) is 77.0 Å². The van der Waals surface area contributed by atoms with Crippen molar-refractivity contribution in [3.63, 3.8) is 0 Å². The van der Waals surface area contributed by atoms with Crippen LogP contribution in [0.4, 0.5) is 0 Å². The number of piperidine rings is 1. The van der Waals surface area contributed by atoms with Gasteiger partial charge in [0.25, 0.3) is 0 Å². The van der Waals surface area contributed by atoms with Crippen LogP contribution in [0.25, 0.3) is 0 Å². The number of carbonyl (C=O) groups excluding carboxylic acids is 1. The minimum Gasteiger partial charge on any atom is -0.342 e. The third-order valence-corrected chi connectivity index (χ3v) is 4.65. The van der Waals surface area contributed by atoms with Gasteiger partial charge in [0, 0.05) is 31.4 Å². The van der Waals surface area contributed by atoms with Gasteiger partial charge in [-0.3, -0.25) is 9.48 Å². The second-order valence-corrected chi connectivity index (χ2v) is 6.31. The summed E-state index contributed by atoms with van der Waals surface area (Å²) in [5, 5.41) is 8.24. The van der Waals surface area contributed by atoms with Gasteiger partial charge in [0.05, 0.1) is 18.0 Å². The molecule has 0 aliphatic carbocycles. The van der Waals surface area contributed by atoms with Gasteiger partial charge in [-0.05, 0) is 33.6 Å². The van der Waals surface area contributed by atoms with E-state index in [2.05, 4.69) is 15.2 Å². The fourth-order valence-corrected chi connectivity index (χ4v) is 3.22. The van der Waals surface area contributed by atoms with Crippen LogP contribution in [0.15, 0.2) is 4.52 Å². The molecule has 124 valence electrons. The molecule has 0 N–H and O–H groups in total. The van der Waals surface area contributed by atoms with E-state index in [1.54, 1.807) is 0 Å². The normalized spacial score (nSPS) is 18.4. The maximum atomic E-state index is 12.7. The largest absolute Gasteiger partial charge is 0.342 e. The molecule has 0 spiro atoms. The Balaban J connectivity index is 1.70. The van der Waals surface area contributed by atoms with Crippen LogP contribution < -0.4 is 0 Å². The molecule has 3 rings (SSSR count). The number of aromatic nitrogens is 4. The first-order chi connectivity index (χ1) is 11.0. The van der Waals surface area contributed by atoms with Crippen molar-refractivity contribution in [2.75, 3.05) is 13.1 Å². The Morgan fingerprint density at radius 2 is 2.13 bits per heavy atom. The molecule has 1 amide bonds. The maximum Gasteiger partial charge on any atom is 0.231 e. The summed E-state index contributed by atoms with van der Waals surface area (Å²) in [6, 6.07) is 0. The summed E-state index contributed by atoms with van der Waals surface area (Å²) in [5.74, 6) is 1.58. The number of rotatable bonds is 3. The highest BCUT2D eigenvalue weighted by Crippen LogP contribution is 2.26. The zero-order valence-corrected chi connectivity index (χ0v) is 14.2. The lowest BCUT2D eigenvalue weighted by molar-refractivity contribution is -0.131. The number of carbonyl (C=O) groups is 1. The average Bonchev–Trinajstić information content (AvgIpc) is 3.06. The van der Waals surface area contributed by atoms with Crippen molar-refractivity contribution < 1.29 is 9.32 Å². The molecule has 7 nitrogen and oxygen atoms in total. The summed E-state index contributed by atoms with van der Waals surface area (Å²) >= 11 is 0. The fourth-order valence-electron chi connectivity index (χ4n) is 3.22. The van der Waals surface area contributed by atoms with Crippen LogP contribution in [-0.4, -0.2) is 43.8 Å². The predicted molar refractivity (Wildman–Crippen MR) is 84.0 cm³/mol. The highest BCUT2D eigenvalue weighted by Gasteiger charge is 2.29. The summed E-state index contributed by atoms with van der Waals surface area (Å²) in [6.45, 7) is 7.21. The fraction of sp³-hybridized carbons (Fsp3) is 0.625. The lowest BCUT2D eigenvalue weighted by Gasteiger charge is -2.31. The summed E-state index contributed by atoms with van der Waals surface area (Å²) in [6.07, 6.45) is 2.35. The number of hydrogen-bond acceptors (Lipinski definition) is 5. The highest BCUT2D eigenvalue weighted by molar-refractivity contribution is 5.79. The Kier molecular flexibility index (Phi) is 4.19. The third-order valence-electron chi connectivity index (χ3n) is 4.65. The van der Waals surface area contributed by atoms with E-state index in [-0.39, 0.29) is 11.8 Å². The van der Waals surface area contributed by atoms with Crippen molar-refractivity contribution >= 4 is 5.91 Å². The van der Waals surface area contributed by atoms with Crippen molar-refractivity contribution in [3.8, 4) is 0 Å². The van der Waals surface area contributed by atoms with Gasteiger partial charge >= 0.3 is 0 Å². The van der Waals surface area contributed by atoms with Gasteiger partial charge in [-0.25, -0.2) is 0 Å². The highest BCUT2D eigenvalue weighted by atomic mass is 16.5. The molecule has 0 aromatic carbocycles. The van der Waals surface area contributed by atoms with Crippen molar-refractivity contribution in [2.24, 2.45) is 7.05 Å². The molecule has 23 heavy (non-hydrogen) atoms. The third kappa shape index (κ3) is 3.13. The SMILES string of the molecule is Cc1noc([C@@H]2CCCN(C(=O)Cc3c(C)nn(C)c3C)C2)n1. The van der Waals surface area contributed by atoms with Crippen LogP contribution in [0.3, 0.4) is 0 Å². The van der Waals surface area contributed by atoms with E-state index in [9.17, 15) is 4.79 Å². The van der Waals surface area contributed by atoms with Gasteiger partial charge in [0.2, 0.25) is 11.8 Å². The van der Waals surface area contributed by atoms with Gasteiger partial charge in [-0.1, -0.05) is 5.16 Å². The lowest BCUT2D eigenvalue weighted by Crippen LogP contribution is -2.40. The molecular formula is C16H23N5O2. The van der Waals surface area contributed by atoms with Crippen LogP contribution in [0.5, 0.6) is 0 Å². The molecule has 1 aliphatic rings. The number of nitrogens with zero attached hydrogens (tertiary/aromatic N) is 5. The summed E-state index contributed by atoms with van der Waals surface area (Å²) in [4.78, 5) is 18.9. The average molecular weight is 317 g/mol.